The zero-order valence-corrected chi connectivity index (χ0v) is 11.4. The molecule has 0 aromatic heterocycles. The summed E-state index contributed by atoms with van der Waals surface area (Å²) in [5, 5.41) is 2.61. The molecule has 0 saturated heterocycles. The topological polar surface area (TPSA) is 29.1 Å². The summed E-state index contributed by atoms with van der Waals surface area (Å²) in [7, 11) is 0. The molecule has 0 fully saturated rings. The number of halogens is 3. The minimum Gasteiger partial charge on any atom is -0.326 e. The first-order valence-electron chi connectivity index (χ1n) is 5.54. The highest BCUT2D eigenvalue weighted by molar-refractivity contribution is 9.10. The van der Waals surface area contributed by atoms with Crippen LogP contribution in [0.2, 0.25) is 0 Å². The van der Waals surface area contributed by atoms with Crippen LogP contribution in [0.5, 0.6) is 0 Å². The van der Waals surface area contributed by atoms with Gasteiger partial charge in [-0.2, -0.15) is 0 Å². The van der Waals surface area contributed by atoms with Crippen molar-refractivity contribution < 1.29 is 13.6 Å². The summed E-state index contributed by atoms with van der Waals surface area (Å²) >= 11 is 3.05. The Balaban J connectivity index is 2.01. The molecule has 2 rings (SSSR count). The first-order valence-corrected chi connectivity index (χ1v) is 6.33. The van der Waals surface area contributed by atoms with E-state index in [9.17, 15) is 13.6 Å². The standard InChI is InChI=1S/C14H10BrF2NO/c15-12-6-1-9(7-13(12)17)8-14(19)18-11-4-2-10(16)3-5-11/h1-7H,8H2,(H,18,19). The van der Waals surface area contributed by atoms with E-state index in [1.54, 1.807) is 12.1 Å². The third kappa shape index (κ3) is 3.86. The van der Waals surface area contributed by atoms with Crippen LogP contribution in [0.15, 0.2) is 46.9 Å². The fourth-order valence-electron chi connectivity index (χ4n) is 1.57. The molecule has 2 aromatic carbocycles. The molecule has 1 amide bonds. The number of amides is 1. The van der Waals surface area contributed by atoms with E-state index in [1.807, 2.05) is 0 Å². The van der Waals surface area contributed by atoms with Crippen molar-refractivity contribution in [2.75, 3.05) is 5.32 Å². The molecule has 0 aliphatic carbocycles. The maximum Gasteiger partial charge on any atom is 0.228 e. The maximum absolute atomic E-state index is 13.3. The predicted molar refractivity (Wildman–Crippen MR) is 72.8 cm³/mol. The van der Waals surface area contributed by atoms with Crippen LogP contribution >= 0.6 is 15.9 Å². The van der Waals surface area contributed by atoms with Gasteiger partial charge in [0.25, 0.3) is 0 Å². The fraction of sp³-hybridized carbons (Fsp3) is 0.0714. The van der Waals surface area contributed by atoms with Crippen LogP contribution in [0.1, 0.15) is 5.56 Å². The van der Waals surface area contributed by atoms with Crippen molar-refractivity contribution in [2.45, 2.75) is 6.42 Å². The van der Waals surface area contributed by atoms with Gasteiger partial charge in [-0.05, 0) is 57.9 Å². The monoisotopic (exact) mass is 325 g/mol. The Morgan fingerprint density at radius 2 is 1.79 bits per heavy atom. The molecule has 0 unspecified atom stereocenters. The Bertz CT molecular complexity index is 599. The van der Waals surface area contributed by atoms with Crippen molar-refractivity contribution in [2.24, 2.45) is 0 Å². The molecule has 0 radical (unpaired) electrons. The van der Waals surface area contributed by atoms with Gasteiger partial charge in [-0.1, -0.05) is 6.07 Å². The first kappa shape index (κ1) is 13.7. The number of carbonyl (C=O) groups is 1. The zero-order valence-electron chi connectivity index (χ0n) is 9.79. The number of hydrogen-bond acceptors (Lipinski definition) is 1. The normalized spacial score (nSPS) is 10.3. The van der Waals surface area contributed by atoms with Gasteiger partial charge in [0.15, 0.2) is 0 Å². The number of anilines is 1. The van der Waals surface area contributed by atoms with Crippen LogP contribution in [-0.4, -0.2) is 5.91 Å². The molecule has 0 aliphatic heterocycles. The highest BCUT2D eigenvalue weighted by Gasteiger charge is 2.06. The van der Waals surface area contributed by atoms with Crippen LogP contribution in [0, 0.1) is 11.6 Å². The molecule has 0 aliphatic rings. The van der Waals surface area contributed by atoms with Crippen molar-refractivity contribution >= 4 is 27.5 Å². The summed E-state index contributed by atoms with van der Waals surface area (Å²) in [5.41, 5.74) is 1.07. The molecule has 2 aromatic rings. The van der Waals surface area contributed by atoms with Gasteiger partial charge < -0.3 is 5.32 Å². The highest BCUT2D eigenvalue weighted by Crippen LogP contribution is 2.17. The third-order valence-corrected chi connectivity index (χ3v) is 3.12. The SMILES string of the molecule is O=C(Cc1ccc(Br)c(F)c1)Nc1ccc(F)cc1. The number of benzene rings is 2. The van der Waals surface area contributed by atoms with Crippen LogP contribution in [0.25, 0.3) is 0 Å². The summed E-state index contributed by atoms with van der Waals surface area (Å²) in [6.45, 7) is 0. The molecule has 0 spiro atoms. The summed E-state index contributed by atoms with van der Waals surface area (Å²) < 4.78 is 26.3. The number of carbonyl (C=O) groups excluding carboxylic acids is 1. The van der Waals surface area contributed by atoms with Gasteiger partial charge in [-0.15, -0.1) is 0 Å². The lowest BCUT2D eigenvalue weighted by Crippen LogP contribution is -2.14. The molecule has 0 heterocycles. The number of rotatable bonds is 3. The third-order valence-electron chi connectivity index (χ3n) is 2.48. The van der Waals surface area contributed by atoms with E-state index in [1.165, 1.54) is 30.3 Å². The summed E-state index contributed by atoms with van der Waals surface area (Å²) in [4.78, 5) is 11.7. The van der Waals surface area contributed by atoms with Gasteiger partial charge in [-0.25, -0.2) is 8.78 Å². The maximum atomic E-state index is 13.3. The van der Waals surface area contributed by atoms with Gasteiger partial charge in [0, 0.05) is 5.69 Å². The van der Waals surface area contributed by atoms with Crippen molar-refractivity contribution in [3.05, 3.63) is 64.1 Å². The molecule has 0 bridgehead atoms. The lowest BCUT2D eigenvalue weighted by atomic mass is 10.1. The van der Waals surface area contributed by atoms with E-state index < -0.39 is 5.82 Å². The van der Waals surface area contributed by atoms with Gasteiger partial charge in [0.05, 0.1) is 10.9 Å². The van der Waals surface area contributed by atoms with Gasteiger partial charge in [0.1, 0.15) is 11.6 Å². The van der Waals surface area contributed by atoms with Gasteiger partial charge in [0.2, 0.25) is 5.91 Å². The second-order valence-electron chi connectivity index (χ2n) is 3.98. The Labute approximate surface area is 117 Å². The quantitative estimate of drug-likeness (QED) is 0.910. The number of hydrogen-bond donors (Lipinski definition) is 1. The molecule has 98 valence electrons. The van der Waals surface area contributed by atoms with E-state index >= 15 is 0 Å². The highest BCUT2D eigenvalue weighted by atomic mass is 79.9. The molecule has 19 heavy (non-hydrogen) atoms. The van der Waals surface area contributed by atoms with Crippen molar-refractivity contribution in [3.8, 4) is 0 Å². The summed E-state index contributed by atoms with van der Waals surface area (Å²) in [6, 6.07) is 9.97. The molecule has 5 heteroatoms. The largest absolute Gasteiger partial charge is 0.326 e. The molecule has 2 nitrogen and oxygen atoms in total. The minimum absolute atomic E-state index is 0.0571. The average molecular weight is 326 g/mol. The van der Waals surface area contributed by atoms with Crippen molar-refractivity contribution in [1.82, 2.24) is 0 Å². The second-order valence-corrected chi connectivity index (χ2v) is 4.83. The second kappa shape index (κ2) is 5.93. The van der Waals surface area contributed by atoms with Crippen molar-refractivity contribution in [3.63, 3.8) is 0 Å². The molecule has 1 N–H and O–H groups in total. The molecular weight excluding hydrogens is 316 g/mol. The summed E-state index contributed by atoms with van der Waals surface area (Å²) in [5.74, 6) is -1.06. The molecule has 0 atom stereocenters. The van der Waals surface area contributed by atoms with Crippen LogP contribution in [-0.2, 0) is 11.2 Å². The Hall–Kier alpha value is -1.75. The fourth-order valence-corrected chi connectivity index (χ4v) is 1.82. The van der Waals surface area contributed by atoms with E-state index in [2.05, 4.69) is 21.2 Å². The Kier molecular flexibility index (Phi) is 4.27. The first-order chi connectivity index (χ1) is 9.04. The summed E-state index contributed by atoms with van der Waals surface area (Å²) in [6.07, 6.45) is 0.0571. The molecule has 0 saturated carbocycles. The lowest BCUT2D eigenvalue weighted by Gasteiger charge is -2.05. The van der Waals surface area contributed by atoms with E-state index in [0.29, 0.717) is 15.7 Å². The van der Waals surface area contributed by atoms with Crippen molar-refractivity contribution in [1.29, 1.82) is 0 Å². The van der Waals surface area contributed by atoms with Crippen LogP contribution < -0.4 is 5.32 Å². The van der Waals surface area contributed by atoms with Gasteiger partial charge >= 0.3 is 0 Å². The van der Waals surface area contributed by atoms with E-state index in [4.69, 9.17) is 0 Å². The Morgan fingerprint density at radius 1 is 1.11 bits per heavy atom. The smallest absolute Gasteiger partial charge is 0.228 e. The van der Waals surface area contributed by atoms with Crippen LogP contribution in [0.3, 0.4) is 0 Å². The average Bonchev–Trinajstić information content (AvgIpc) is 2.37. The predicted octanol–water partition coefficient (Wildman–Crippen LogP) is 3.91. The zero-order chi connectivity index (χ0) is 13.8. The van der Waals surface area contributed by atoms with E-state index in [-0.39, 0.29) is 18.1 Å². The van der Waals surface area contributed by atoms with Gasteiger partial charge in [-0.3, -0.25) is 4.79 Å². The lowest BCUT2D eigenvalue weighted by molar-refractivity contribution is -0.115. The molecular formula is C14H10BrF2NO. The number of nitrogens with one attached hydrogen (secondary N) is 1. The minimum atomic E-state index is -0.410. The van der Waals surface area contributed by atoms with Crippen LogP contribution in [0.4, 0.5) is 14.5 Å². The van der Waals surface area contributed by atoms with E-state index in [0.717, 1.165) is 0 Å². The Morgan fingerprint density at radius 3 is 2.42 bits per heavy atom.